The van der Waals surface area contributed by atoms with Crippen molar-refractivity contribution in [3.05, 3.63) is 52.3 Å². The van der Waals surface area contributed by atoms with Gasteiger partial charge in [0.05, 0.1) is 0 Å². The zero-order valence-corrected chi connectivity index (χ0v) is 19.6. The highest BCUT2D eigenvalue weighted by molar-refractivity contribution is 9.10. The smallest absolute Gasteiger partial charge is 0.407 e. The molecule has 0 saturated carbocycles. The minimum atomic E-state index is -4.97. The molecule has 0 heterocycles. The van der Waals surface area contributed by atoms with Gasteiger partial charge in [0, 0.05) is 29.1 Å². The van der Waals surface area contributed by atoms with Gasteiger partial charge >= 0.3 is 12.1 Å². The first-order valence-electron chi connectivity index (χ1n) is 9.68. The highest BCUT2D eigenvalue weighted by Crippen LogP contribution is 2.38. The Morgan fingerprint density at radius 1 is 1.12 bits per heavy atom. The Morgan fingerprint density at radius 2 is 1.79 bits per heavy atom. The molecule has 182 valence electrons. The number of benzene rings is 2. The van der Waals surface area contributed by atoms with Gasteiger partial charge in [-0.3, -0.25) is 10.1 Å². The fourth-order valence-corrected chi connectivity index (χ4v) is 3.54. The quantitative estimate of drug-likeness (QED) is 0.285. The molecular weight excluding hydrogens is 517 g/mol. The first-order chi connectivity index (χ1) is 15.2. The summed E-state index contributed by atoms with van der Waals surface area (Å²) < 4.78 is 81.1. The lowest BCUT2D eigenvalue weighted by Crippen LogP contribution is -2.47. The van der Waals surface area contributed by atoms with Crippen LogP contribution in [0.15, 0.2) is 40.9 Å². The molecular formula is C22H23BrF5NO4. The summed E-state index contributed by atoms with van der Waals surface area (Å²) in [4.78, 5) is 11.4. The van der Waals surface area contributed by atoms with Gasteiger partial charge in [0.15, 0.2) is 6.79 Å². The van der Waals surface area contributed by atoms with E-state index in [1.807, 2.05) is 5.32 Å². The fourth-order valence-electron chi connectivity index (χ4n) is 3.17. The van der Waals surface area contributed by atoms with Crippen molar-refractivity contribution in [1.82, 2.24) is 5.32 Å². The Hall–Kier alpha value is -2.24. The third-order valence-corrected chi connectivity index (χ3v) is 5.07. The number of carboxylic acids is 1. The molecule has 5 nitrogen and oxygen atoms in total. The Balaban J connectivity index is 2.46. The van der Waals surface area contributed by atoms with E-state index in [4.69, 9.17) is 9.47 Å². The van der Waals surface area contributed by atoms with Gasteiger partial charge in [0.1, 0.15) is 29.3 Å². The fraction of sp³-hybridized carbons (Fsp3) is 0.409. The molecule has 0 radical (unpaired) electrons. The summed E-state index contributed by atoms with van der Waals surface area (Å²) in [7, 11) is 1.40. The van der Waals surface area contributed by atoms with E-state index in [0.717, 1.165) is 26.0 Å². The van der Waals surface area contributed by atoms with Crippen LogP contribution in [0.3, 0.4) is 0 Å². The topological polar surface area (TPSA) is 67.8 Å². The molecule has 2 aromatic carbocycles. The molecule has 0 aliphatic rings. The predicted octanol–water partition coefficient (Wildman–Crippen LogP) is 6.02. The van der Waals surface area contributed by atoms with Crippen molar-refractivity contribution in [2.45, 2.75) is 44.2 Å². The van der Waals surface area contributed by atoms with Gasteiger partial charge in [-0.25, -0.2) is 8.78 Å². The van der Waals surface area contributed by atoms with Crippen molar-refractivity contribution in [2.24, 2.45) is 0 Å². The summed E-state index contributed by atoms with van der Waals surface area (Å²) in [6.45, 7) is 1.99. The molecule has 0 bridgehead atoms. The van der Waals surface area contributed by atoms with E-state index in [9.17, 15) is 27.5 Å². The number of rotatable bonds is 10. The van der Waals surface area contributed by atoms with Gasteiger partial charge in [0.2, 0.25) is 0 Å². The lowest BCUT2D eigenvalue weighted by molar-refractivity contribution is -0.164. The van der Waals surface area contributed by atoms with E-state index in [2.05, 4.69) is 15.9 Å². The number of carbonyl (C=O) groups is 1. The Labute approximate surface area is 196 Å². The molecule has 2 aromatic rings. The lowest BCUT2D eigenvalue weighted by Gasteiger charge is -2.28. The number of carboxylic acid groups (broad SMARTS) is 1. The highest BCUT2D eigenvalue weighted by atomic mass is 79.9. The van der Waals surface area contributed by atoms with Crippen LogP contribution in [0.1, 0.15) is 31.9 Å². The molecule has 0 fully saturated rings. The van der Waals surface area contributed by atoms with Gasteiger partial charge in [-0.15, -0.1) is 0 Å². The second-order valence-corrected chi connectivity index (χ2v) is 8.80. The van der Waals surface area contributed by atoms with E-state index in [-0.39, 0.29) is 23.7 Å². The summed E-state index contributed by atoms with van der Waals surface area (Å²) in [5, 5.41) is 11.2. The maximum absolute atomic E-state index is 15.0. The van der Waals surface area contributed by atoms with Crippen LogP contribution in [-0.2, 0) is 9.53 Å². The molecule has 0 saturated heterocycles. The van der Waals surface area contributed by atoms with E-state index in [1.165, 1.54) is 13.2 Å². The molecule has 0 amide bonds. The highest BCUT2D eigenvalue weighted by Gasteiger charge is 2.44. The van der Waals surface area contributed by atoms with Crippen molar-refractivity contribution in [1.29, 1.82) is 0 Å². The SMILES string of the molecule is COCOc1ccc(Br)cc1-c1ccc(C(NC(CC(C)(C)F)C(=O)O)C(F)(F)F)cc1F. The van der Waals surface area contributed by atoms with Crippen molar-refractivity contribution in [3.8, 4) is 16.9 Å². The molecule has 11 heteroatoms. The molecule has 33 heavy (non-hydrogen) atoms. The first-order valence-corrected chi connectivity index (χ1v) is 10.5. The number of hydrogen-bond acceptors (Lipinski definition) is 4. The zero-order chi connectivity index (χ0) is 25.0. The zero-order valence-electron chi connectivity index (χ0n) is 18.0. The molecule has 0 aromatic heterocycles. The number of nitrogens with one attached hydrogen (secondary N) is 1. The van der Waals surface area contributed by atoms with Crippen LogP contribution >= 0.6 is 15.9 Å². The monoisotopic (exact) mass is 539 g/mol. The van der Waals surface area contributed by atoms with Gasteiger partial charge in [-0.1, -0.05) is 28.1 Å². The van der Waals surface area contributed by atoms with Gasteiger partial charge in [-0.2, -0.15) is 13.2 Å². The van der Waals surface area contributed by atoms with Crippen LogP contribution in [0.5, 0.6) is 5.75 Å². The number of hydrogen-bond donors (Lipinski definition) is 2. The Kier molecular flexibility index (Phi) is 8.83. The average molecular weight is 540 g/mol. The lowest BCUT2D eigenvalue weighted by atomic mass is 9.96. The van der Waals surface area contributed by atoms with Crippen LogP contribution in [-0.4, -0.2) is 42.9 Å². The number of aliphatic carboxylic acids is 1. The Bertz CT molecular complexity index is 978. The molecule has 2 unspecified atom stereocenters. The van der Waals surface area contributed by atoms with Gasteiger partial charge in [-0.05, 0) is 43.7 Å². The summed E-state index contributed by atoms with van der Waals surface area (Å²) in [5.74, 6) is -2.39. The van der Waals surface area contributed by atoms with Crippen LogP contribution in [0.4, 0.5) is 22.0 Å². The maximum atomic E-state index is 15.0. The van der Waals surface area contributed by atoms with E-state index in [1.54, 1.807) is 12.1 Å². The van der Waals surface area contributed by atoms with E-state index >= 15 is 4.39 Å². The van der Waals surface area contributed by atoms with Crippen LogP contribution in [0.25, 0.3) is 11.1 Å². The molecule has 0 aliphatic heterocycles. The first kappa shape index (κ1) is 27.0. The molecule has 2 rings (SSSR count). The maximum Gasteiger partial charge on any atom is 0.407 e. The molecule has 0 aliphatic carbocycles. The number of methoxy groups -OCH3 is 1. The van der Waals surface area contributed by atoms with Crippen LogP contribution in [0, 0.1) is 5.82 Å². The van der Waals surface area contributed by atoms with Crippen molar-refractivity contribution in [3.63, 3.8) is 0 Å². The van der Waals surface area contributed by atoms with Crippen molar-refractivity contribution >= 4 is 21.9 Å². The van der Waals surface area contributed by atoms with Crippen LogP contribution in [0.2, 0.25) is 0 Å². The molecule has 0 spiro atoms. The largest absolute Gasteiger partial charge is 0.480 e. The minimum Gasteiger partial charge on any atom is -0.480 e. The van der Waals surface area contributed by atoms with Gasteiger partial charge < -0.3 is 14.6 Å². The summed E-state index contributed by atoms with van der Waals surface area (Å²) in [5.41, 5.74) is -2.36. The van der Waals surface area contributed by atoms with Crippen molar-refractivity contribution in [2.75, 3.05) is 13.9 Å². The summed E-state index contributed by atoms with van der Waals surface area (Å²) >= 11 is 3.26. The number of alkyl halides is 4. The molecule has 2 atom stereocenters. The second kappa shape index (κ2) is 10.8. The normalized spacial score (nSPS) is 14.1. The number of halogens is 6. The summed E-state index contributed by atoms with van der Waals surface area (Å²) in [6.07, 6.45) is -5.68. The molecule has 2 N–H and O–H groups in total. The average Bonchev–Trinajstić information content (AvgIpc) is 2.68. The standard InChI is InChI=1S/C22H23BrF5NO4/c1-21(2,25)10-17(20(30)31)29-19(22(26,27)28)12-4-6-14(16(24)8-12)15-9-13(23)5-7-18(15)33-11-32-3/h4-9,17,19,29H,10-11H2,1-3H3,(H,30,31). The van der Waals surface area contributed by atoms with Gasteiger partial charge in [0.25, 0.3) is 0 Å². The minimum absolute atomic E-state index is 0.0354. The summed E-state index contributed by atoms with van der Waals surface area (Å²) in [6, 6.07) is 3.18. The van der Waals surface area contributed by atoms with Crippen molar-refractivity contribution < 1.29 is 41.3 Å². The number of ether oxygens (including phenoxy) is 2. The third-order valence-electron chi connectivity index (χ3n) is 4.57. The Morgan fingerprint density at radius 3 is 2.30 bits per heavy atom. The van der Waals surface area contributed by atoms with E-state index in [0.29, 0.717) is 10.5 Å². The second-order valence-electron chi connectivity index (χ2n) is 7.89. The van der Waals surface area contributed by atoms with E-state index < -0.39 is 47.7 Å². The third kappa shape index (κ3) is 7.65. The predicted molar refractivity (Wildman–Crippen MR) is 115 cm³/mol. The van der Waals surface area contributed by atoms with Crippen LogP contribution < -0.4 is 10.1 Å².